The Labute approximate surface area is 162 Å². The molecule has 3 aliphatic heterocycles. The molecule has 0 aliphatic carbocycles. The molecule has 3 heterocycles. The highest BCUT2D eigenvalue weighted by atomic mass is 32.2. The van der Waals surface area contributed by atoms with E-state index in [1.54, 1.807) is 4.31 Å². The van der Waals surface area contributed by atoms with E-state index in [0.29, 0.717) is 30.5 Å². The van der Waals surface area contributed by atoms with E-state index in [4.69, 9.17) is 9.90 Å². The van der Waals surface area contributed by atoms with Crippen molar-refractivity contribution in [2.45, 2.75) is 44.2 Å². The molecule has 1 aromatic rings. The second-order valence-electron chi connectivity index (χ2n) is 8.00. The van der Waals surface area contributed by atoms with Crippen LogP contribution in [-0.2, 0) is 21.2 Å². The van der Waals surface area contributed by atoms with Crippen LogP contribution in [0.4, 0.5) is 0 Å². The minimum atomic E-state index is -3.09. The standard InChI is InChI=1S/C19H28N2O2S.CH2O2/c1-24(22,23)20-13-16-12-17(14-20)19(11-15-7-3-2-4-8-15)21-10-6-5-9-18(16)21;2-1-3/h2-4,7-8,16-19H,5-6,9-14H2,1H3;1H,(H,2,3)/t16-,17+,18+,19+;/m1./s1. The van der Waals surface area contributed by atoms with Crippen molar-refractivity contribution in [1.29, 1.82) is 0 Å². The second kappa shape index (κ2) is 8.71. The van der Waals surface area contributed by atoms with Gasteiger partial charge in [-0.2, -0.15) is 0 Å². The normalized spacial score (nSPS) is 31.3. The third-order valence-electron chi connectivity index (χ3n) is 6.34. The molecular weight excluding hydrogens is 364 g/mol. The van der Waals surface area contributed by atoms with Crippen molar-refractivity contribution in [3.8, 4) is 0 Å². The van der Waals surface area contributed by atoms with Crippen molar-refractivity contribution in [3.63, 3.8) is 0 Å². The molecule has 150 valence electrons. The maximum absolute atomic E-state index is 12.2. The predicted molar refractivity (Wildman–Crippen MR) is 105 cm³/mol. The van der Waals surface area contributed by atoms with E-state index < -0.39 is 10.0 Å². The predicted octanol–water partition coefficient (Wildman–Crippen LogP) is 2.06. The van der Waals surface area contributed by atoms with Crippen LogP contribution in [0.25, 0.3) is 0 Å². The van der Waals surface area contributed by atoms with E-state index in [1.165, 1.54) is 44.0 Å². The molecule has 0 saturated carbocycles. The number of piperidine rings is 3. The zero-order valence-electron chi connectivity index (χ0n) is 15.9. The summed E-state index contributed by atoms with van der Waals surface area (Å²) in [6, 6.07) is 11.8. The first-order chi connectivity index (χ1) is 12.9. The number of fused-ring (bicyclic) bond motifs is 4. The fourth-order valence-electron chi connectivity index (χ4n) is 5.27. The Hall–Kier alpha value is -1.44. The van der Waals surface area contributed by atoms with Crippen LogP contribution >= 0.6 is 0 Å². The van der Waals surface area contributed by atoms with Crippen LogP contribution in [-0.4, -0.2) is 67.2 Å². The number of nitrogens with zero attached hydrogens (tertiary/aromatic N) is 2. The first-order valence-corrected chi connectivity index (χ1v) is 11.6. The lowest BCUT2D eigenvalue weighted by atomic mass is 9.71. The Bertz CT molecular complexity index is 725. The van der Waals surface area contributed by atoms with Gasteiger partial charge in [-0.3, -0.25) is 9.69 Å². The molecule has 0 spiro atoms. The van der Waals surface area contributed by atoms with Gasteiger partial charge in [-0.25, -0.2) is 12.7 Å². The summed E-state index contributed by atoms with van der Waals surface area (Å²) < 4.78 is 26.1. The summed E-state index contributed by atoms with van der Waals surface area (Å²) in [4.78, 5) is 11.1. The molecular formula is C20H30N2O4S. The average molecular weight is 395 g/mol. The quantitative estimate of drug-likeness (QED) is 0.794. The van der Waals surface area contributed by atoms with Crippen LogP contribution in [0.3, 0.4) is 0 Å². The topological polar surface area (TPSA) is 77.9 Å². The van der Waals surface area contributed by atoms with Gasteiger partial charge in [-0.1, -0.05) is 36.8 Å². The van der Waals surface area contributed by atoms with Crippen LogP contribution in [0.15, 0.2) is 30.3 Å². The van der Waals surface area contributed by atoms with E-state index in [2.05, 4.69) is 35.2 Å². The summed E-state index contributed by atoms with van der Waals surface area (Å²) in [5, 5.41) is 6.89. The van der Waals surface area contributed by atoms with Crippen molar-refractivity contribution in [3.05, 3.63) is 35.9 Å². The van der Waals surface area contributed by atoms with Gasteiger partial charge < -0.3 is 5.11 Å². The summed E-state index contributed by atoms with van der Waals surface area (Å²) >= 11 is 0. The van der Waals surface area contributed by atoms with Gasteiger partial charge in [0, 0.05) is 25.2 Å². The maximum Gasteiger partial charge on any atom is 0.290 e. The lowest BCUT2D eigenvalue weighted by Gasteiger charge is -2.56. The van der Waals surface area contributed by atoms with E-state index in [0.717, 1.165) is 13.0 Å². The Morgan fingerprint density at radius 1 is 1.15 bits per heavy atom. The number of carboxylic acid groups (broad SMARTS) is 1. The molecule has 4 atom stereocenters. The van der Waals surface area contributed by atoms with Crippen molar-refractivity contribution in [2.24, 2.45) is 11.8 Å². The van der Waals surface area contributed by atoms with E-state index >= 15 is 0 Å². The third-order valence-corrected chi connectivity index (χ3v) is 7.58. The molecule has 7 heteroatoms. The van der Waals surface area contributed by atoms with Crippen molar-refractivity contribution in [1.82, 2.24) is 9.21 Å². The van der Waals surface area contributed by atoms with Gasteiger partial charge in [-0.15, -0.1) is 0 Å². The zero-order chi connectivity index (χ0) is 19.4. The van der Waals surface area contributed by atoms with Crippen LogP contribution in [0.5, 0.6) is 0 Å². The lowest BCUT2D eigenvalue weighted by Crippen LogP contribution is -2.64. The fraction of sp³-hybridized carbons (Fsp3) is 0.650. The highest BCUT2D eigenvalue weighted by Gasteiger charge is 2.48. The molecule has 0 radical (unpaired) electrons. The molecule has 1 N–H and O–H groups in total. The fourth-order valence-corrected chi connectivity index (χ4v) is 6.20. The smallest absolute Gasteiger partial charge is 0.290 e. The summed E-state index contributed by atoms with van der Waals surface area (Å²) in [6.07, 6.45) is 7.44. The second-order valence-corrected chi connectivity index (χ2v) is 9.98. The summed E-state index contributed by atoms with van der Waals surface area (Å²) in [7, 11) is -3.09. The van der Waals surface area contributed by atoms with Crippen molar-refractivity contribution in [2.75, 3.05) is 25.9 Å². The van der Waals surface area contributed by atoms with Gasteiger partial charge in [0.15, 0.2) is 0 Å². The van der Waals surface area contributed by atoms with E-state index in [9.17, 15) is 8.42 Å². The largest absolute Gasteiger partial charge is 0.483 e. The average Bonchev–Trinajstić information content (AvgIpc) is 2.66. The Balaban J connectivity index is 0.000000659. The number of hydrogen-bond acceptors (Lipinski definition) is 4. The molecule has 27 heavy (non-hydrogen) atoms. The molecule has 2 bridgehead atoms. The number of benzene rings is 1. The van der Waals surface area contributed by atoms with Crippen LogP contribution in [0.1, 0.15) is 31.2 Å². The number of rotatable bonds is 3. The Morgan fingerprint density at radius 2 is 1.81 bits per heavy atom. The minimum Gasteiger partial charge on any atom is -0.483 e. The van der Waals surface area contributed by atoms with Crippen LogP contribution in [0, 0.1) is 11.8 Å². The molecule has 3 saturated heterocycles. The number of carbonyl (C=O) groups is 1. The summed E-state index contributed by atoms with van der Waals surface area (Å²) in [5.74, 6) is 0.985. The molecule has 1 aromatic carbocycles. The summed E-state index contributed by atoms with van der Waals surface area (Å²) in [6.45, 7) is 2.37. The minimum absolute atomic E-state index is 0.250. The molecule has 4 rings (SSSR count). The van der Waals surface area contributed by atoms with Gasteiger partial charge >= 0.3 is 0 Å². The van der Waals surface area contributed by atoms with Crippen LogP contribution in [0.2, 0.25) is 0 Å². The third kappa shape index (κ3) is 4.70. The molecule has 3 fully saturated rings. The first-order valence-electron chi connectivity index (χ1n) is 9.76. The van der Waals surface area contributed by atoms with Gasteiger partial charge in [0.1, 0.15) is 0 Å². The van der Waals surface area contributed by atoms with Gasteiger partial charge in [0.25, 0.3) is 6.47 Å². The number of sulfonamides is 1. The first kappa shape index (κ1) is 20.3. The van der Waals surface area contributed by atoms with Crippen molar-refractivity contribution >= 4 is 16.5 Å². The summed E-state index contributed by atoms with van der Waals surface area (Å²) in [5.41, 5.74) is 1.38. The molecule has 3 aliphatic rings. The highest BCUT2D eigenvalue weighted by Crippen LogP contribution is 2.42. The lowest BCUT2D eigenvalue weighted by molar-refractivity contribution is -0.122. The van der Waals surface area contributed by atoms with E-state index in [-0.39, 0.29) is 6.47 Å². The highest BCUT2D eigenvalue weighted by molar-refractivity contribution is 7.88. The van der Waals surface area contributed by atoms with Crippen molar-refractivity contribution < 1.29 is 18.3 Å². The van der Waals surface area contributed by atoms with Gasteiger partial charge in [0.05, 0.1) is 6.26 Å². The molecule has 0 amide bonds. The Kier molecular flexibility index (Phi) is 6.55. The zero-order valence-corrected chi connectivity index (χ0v) is 16.7. The molecule has 0 aromatic heterocycles. The monoisotopic (exact) mass is 394 g/mol. The molecule has 0 unspecified atom stereocenters. The van der Waals surface area contributed by atoms with Gasteiger partial charge in [0.2, 0.25) is 10.0 Å². The van der Waals surface area contributed by atoms with Gasteiger partial charge in [-0.05, 0) is 49.6 Å². The maximum atomic E-state index is 12.2. The molecule has 6 nitrogen and oxygen atoms in total. The SMILES string of the molecule is CS(=O)(=O)N1C[C@H]2C[C@@H](C1)[C@H](Cc1ccccc1)N1CCCC[C@@H]21.O=CO. The Morgan fingerprint density at radius 3 is 2.48 bits per heavy atom. The number of hydrogen-bond donors (Lipinski definition) is 1. The van der Waals surface area contributed by atoms with E-state index in [1.807, 2.05) is 0 Å². The van der Waals surface area contributed by atoms with Crippen LogP contribution < -0.4 is 0 Å².